The second-order valence-electron chi connectivity index (χ2n) is 7.21. The van der Waals surface area contributed by atoms with Gasteiger partial charge in [0.1, 0.15) is 7.65 Å². The molecule has 1 aliphatic heterocycles. The second kappa shape index (κ2) is 24.3. The number of rotatable bonds is 0. The van der Waals surface area contributed by atoms with Gasteiger partial charge in [0.15, 0.2) is 0 Å². The van der Waals surface area contributed by atoms with E-state index in [-0.39, 0.29) is 0 Å². The zero-order valence-electron chi connectivity index (χ0n) is 20.8. The van der Waals surface area contributed by atoms with E-state index < -0.39 is 0 Å². The highest BCUT2D eigenvalue weighted by atomic mass is 32.9. The first-order chi connectivity index (χ1) is 18.8. The van der Waals surface area contributed by atoms with Crippen molar-refractivity contribution in [1.29, 1.82) is 0 Å². The van der Waals surface area contributed by atoms with Crippen molar-refractivity contribution in [2.75, 3.05) is 92.0 Å². The van der Waals surface area contributed by atoms with E-state index in [0.717, 1.165) is 7.65 Å². The first kappa shape index (κ1) is 36.5. The molecule has 0 aliphatic carbocycles. The molecule has 0 atom stereocenters. The molecule has 38 heavy (non-hydrogen) atoms. The van der Waals surface area contributed by atoms with Crippen LogP contribution in [-0.2, 0) is 0 Å². The molecule has 2 aromatic rings. The van der Waals surface area contributed by atoms with E-state index in [0.29, 0.717) is 0 Å². The molecule has 0 N–H and O–H groups in total. The van der Waals surface area contributed by atoms with Gasteiger partial charge in [-0.15, -0.1) is 47.0 Å². The van der Waals surface area contributed by atoms with Crippen LogP contribution in [0.2, 0.25) is 0 Å². The van der Waals surface area contributed by atoms with Crippen molar-refractivity contribution in [3.05, 3.63) is 7.65 Å². The van der Waals surface area contributed by atoms with Gasteiger partial charge < -0.3 is 0 Å². The van der Waals surface area contributed by atoms with Crippen LogP contribution in [0, 0.1) is 7.65 Å². The van der Waals surface area contributed by atoms with Crippen molar-refractivity contribution in [2.24, 2.45) is 0 Å². The molecule has 2 aromatic heterocycles. The fraction of sp³-hybridized carbons (Fsp3) is 0.727. The molecule has 0 nitrogen and oxygen atoms in total. The third-order valence-electron chi connectivity index (χ3n) is 4.49. The van der Waals surface area contributed by atoms with Gasteiger partial charge in [-0.3, -0.25) is 0 Å². The number of hydrogen-bond acceptors (Lipinski definition) is 16. The normalized spacial score (nSPS) is 20.2. The fourth-order valence-corrected chi connectivity index (χ4v) is 22.2. The lowest BCUT2D eigenvalue weighted by Gasteiger charge is -2.06. The molecule has 16 heteroatoms. The molecule has 0 aromatic carbocycles. The van der Waals surface area contributed by atoms with E-state index in [1.165, 1.54) is 110 Å². The van der Waals surface area contributed by atoms with Gasteiger partial charge in [-0.05, 0) is 0 Å². The third-order valence-corrected chi connectivity index (χ3v) is 24.9. The van der Waals surface area contributed by atoms with Gasteiger partial charge in [0.05, 0.1) is 18.2 Å². The fourth-order valence-electron chi connectivity index (χ4n) is 2.76. The predicted octanol–water partition coefficient (Wildman–Crippen LogP) is 11.9. The molecule has 0 amide bonds. The molecule has 0 saturated heterocycles. The summed E-state index contributed by atoms with van der Waals surface area (Å²) in [7, 11) is 7.35. The van der Waals surface area contributed by atoms with E-state index >= 15 is 0 Å². The lowest BCUT2D eigenvalue weighted by Crippen LogP contribution is -1.94. The standard InChI is InChI=1S/C22H32S16/c23-19-17-21(37-35-19)34-16-12-30-8-4-26-2-6-28-10-14-32-18-20(24)36-38-22(18)33-15-11-29-7-3-25-1-5-27-9-13-31-17/h1-16H2. The molecule has 0 unspecified atom stereocenters. The summed E-state index contributed by atoms with van der Waals surface area (Å²) in [6.07, 6.45) is 0. The van der Waals surface area contributed by atoms with Crippen LogP contribution < -0.4 is 0 Å². The Morgan fingerprint density at radius 2 is 0.579 bits per heavy atom. The van der Waals surface area contributed by atoms with Gasteiger partial charge in [-0.25, -0.2) is 0 Å². The predicted molar refractivity (Wildman–Crippen MR) is 213 cm³/mol. The maximum atomic E-state index is 5.64. The number of fused-ring (bicyclic) bond motifs is 2. The number of hydrogen-bond donors (Lipinski definition) is 0. The largest absolute Gasteiger partial charge is 0.160 e. The third kappa shape index (κ3) is 15.9. The first-order valence-corrected chi connectivity index (χ1v) is 28.0. The van der Waals surface area contributed by atoms with Gasteiger partial charge >= 0.3 is 0 Å². The summed E-state index contributed by atoms with van der Waals surface area (Å²) < 4.78 is 5.14. The Morgan fingerprint density at radius 3 is 0.895 bits per heavy atom. The highest BCUT2D eigenvalue weighted by Gasteiger charge is 2.11. The molecule has 0 fully saturated rings. The van der Waals surface area contributed by atoms with Crippen LogP contribution in [0.15, 0.2) is 18.2 Å². The van der Waals surface area contributed by atoms with Crippen molar-refractivity contribution in [1.82, 2.24) is 0 Å². The summed E-state index contributed by atoms with van der Waals surface area (Å²) in [4.78, 5) is 2.78. The minimum Gasteiger partial charge on any atom is -0.160 e. The Hall–Kier alpha value is 4.04. The summed E-state index contributed by atoms with van der Waals surface area (Å²) in [5.41, 5.74) is 0. The van der Waals surface area contributed by atoms with Crippen LogP contribution in [-0.4, -0.2) is 92.0 Å². The Balaban J connectivity index is 1.38. The van der Waals surface area contributed by atoms with Gasteiger partial charge in [0.25, 0.3) is 0 Å². The van der Waals surface area contributed by atoms with E-state index in [2.05, 4.69) is 70.6 Å². The topological polar surface area (TPSA) is 0 Å². The van der Waals surface area contributed by atoms with Crippen LogP contribution >= 0.6 is 183 Å². The SMILES string of the molecule is S=c1ssc2c1SCCSCCSCCSCCSc1ssc(=S)c1SCCSCCSCCSCCS2. The van der Waals surface area contributed by atoms with E-state index in [9.17, 15) is 0 Å². The molecule has 0 radical (unpaired) electrons. The summed E-state index contributed by atoms with van der Waals surface area (Å²) in [5, 5.41) is 0. The molecule has 216 valence electrons. The average Bonchev–Trinajstić information content (AvgIpc) is 3.45. The molecule has 0 bridgehead atoms. The van der Waals surface area contributed by atoms with E-state index in [1.54, 1.807) is 20.7 Å². The lowest BCUT2D eigenvalue weighted by atomic mass is 10.8. The van der Waals surface area contributed by atoms with E-state index in [1.807, 2.05) is 67.7 Å². The minimum atomic E-state index is 1.10. The summed E-state index contributed by atoms with van der Waals surface area (Å²) in [5.74, 6) is 19.8. The second-order valence-corrected chi connectivity index (χ2v) is 25.1. The quantitative estimate of drug-likeness (QED) is 0.184. The summed E-state index contributed by atoms with van der Waals surface area (Å²) >= 11 is 32.0. The Kier molecular flexibility index (Phi) is 23.3. The maximum Gasteiger partial charge on any atom is 0.116 e. The Morgan fingerprint density at radius 1 is 0.316 bits per heavy atom. The molecular weight excluding hydrogens is 777 g/mol. The van der Waals surface area contributed by atoms with Crippen LogP contribution in [0.1, 0.15) is 0 Å². The molecule has 3 rings (SSSR count). The molecule has 1 aliphatic rings. The Labute approximate surface area is 297 Å². The molecule has 0 spiro atoms. The van der Waals surface area contributed by atoms with Crippen LogP contribution in [0.4, 0.5) is 0 Å². The first-order valence-electron chi connectivity index (χ1n) is 12.0. The van der Waals surface area contributed by atoms with Crippen LogP contribution in [0.5, 0.6) is 0 Å². The van der Waals surface area contributed by atoms with Crippen LogP contribution in [0.25, 0.3) is 0 Å². The lowest BCUT2D eigenvalue weighted by molar-refractivity contribution is 1.36. The number of thioether (sulfide) groups is 10. The highest BCUT2D eigenvalue weighted by molar-refractivity contribution is 8.09. The maximum absolute atomic E-state index is 5.64. The summed E-state index contributed by atoms with van der Waals surface area (Å²) in [6.45, 7) is 0. The van der Waals surface area contributed by atoms with Crippen molar-refractivity contribution in [3.63, 3.8) is 0 Å². The average molecular weight is 810 g/mol. The molecular formula is C22H32S16. The minimum absolute atomic E-state index is 1.10. The van der Waals surface area contributed by atoms with Crippen molar-refractivity contribution in [3.8, 4) is 0 Å². The van der Waals surface area contributed by atoms with Crippen LogP contribution in [0.3, 0.4) is 0 Å². The smallest absolute Gasteiger partial charge is 0.116 e. The zero-order valence-corrected chi connectivity index (χ0v) is 33.9. The highest BCUT2D eigenvalue weighted by Crippen LogP contribution is 2.41. The van der Waals surface area contributed by atoms with Crippen molar-refractivity contribution in [2.45, 2.75) is 18.2 Å². The summed E-state index contributed by atoms with van der Waals surface area (Å²) in [6, 6.07) is 0. The Bertz CT molecular complexity index is 896. The zero-order chi connectivity index (χ0) is 26.7. The van der Waals surface area contributed by atoms with Gasteiger partial charge in [-0.1, -0.05) is 65.8 Å². The molecule has 3 heterocycles. The van der Waals surface area contributed by atoms with Gasteiger partial charge in [0, 0.05) is 92.0 Å². The van der Waals surface area contributed by atoms with Crippen molar-refractivity contribution < 1.29 is 0 Å². The molecule has 0 saturated carbocycles. The van der Waals surface area contributed by atoms with Gasteiger partial charge in [-0.2, -0.15) is 70.6 Å². The van der Waals surface area contributed by atoms with Gasteiger partial charge in [0.2, 0.25) is 0 Å². The van der Waals surface area contributed by atoms with E-state index in [4.69, 9.17) is 24.4 Å². The van der Waals surface area contributed by atoms with Crippen molar-refractivity contribution >= 4 is 183 Å². The monoisotopic (exact) mass is 808 g/mol.